The highest BCUT2D eigenvalue weighted by atomic mass is 16.3. The average molecular weight is 235 g/mol. The molecule has 0 radical (unpaired) electrons. The number of rotatable bonds is 7. The summed E-state index contributed by atoms with van der Waals surface area (Å²) in [5.41, 5.74) is 1.37. The number of nitrogens with one attached hydrogen (secondary N) is 1. The molecule has 96 valence electrons. The van der Waals surface area contributed by atoms with E-state index in [1.807, 2.05) is 6.92 Å². The lowest BCUT2D eigenvalue weighted by Gasteiger charge is -2.18. The third kappa shape index (κ3) is 3.60. The molecule has 0 bridgehead atoms. The minimum absolute atomic E-state index is 0.494. The van der Waals surface area contributed by atoms with Gasteiger partial charge in [0, 0.05) is 11.6 Å². The highest BCUT2D eigenvalue weighted by molar-refractivity contribution is 5.24. The van der Waals surface area contributed by atoms with Crippen molar-refractivity contribution in [1.29, 1.82) is 0 Å². The molecule has 1 aromatic heterocycles. The van der Waals surface area contributed by atoms with E-state index in [4.69, 9.17) is 4.42 Å². The van der Waals surface area contributed by atoms with Gasteiger partial charge in [-0.2, -0.15) is 0 Å². The topological polar surface area (TPSA) is 25.2 Å². The molecular weight excluding hydrogens is 210 g/mol. The van der Waals surface area contributed by atoms with Crippen LogP contribution in [0.4, 0.5) is 0 Å². The van der Waals surface area contributed by atoms with Gasteiger partial charge in [0.05, 0.1) is 0 Å². The molecule has 2 heteroatoms. The summed E-state index contributed by atoms with van der Waals surface area (Å²) in [5.74, 6) is 3.13. The highest BCUT2D eigenvalue weighted by Gasteiger charge is 2.24. The van der Waals surface area contributed by atoms with Gasteiger partial charge in [0.15, 0.2) is 0 Å². The fourth-order valence-corrected chi connectivity index (χ4v) is 2.49. The van der Waals surface area contributed by atoms with Crippen LogP contribution in [0, 0.1) is 19.8 Å². The Balaban J connectivity index is 1.98. The molecule has 2 rings (SSSR count). The largest absolute Gasteiger partial charge is 0.466 e. The van der Waals surface area contributed by atoms with Gasteiger partial charge in [-0.1, -0.05) is 19.8 Å². The van der Waals surface area contributed by atoms with Gasteiger partial charge < -0.3 is 9.73 Å². The molecule has 2 nitrogen and oxygen atoms in total. The van der Waals surface area contributed by atoms with E-state index in [1.54, 1.807) is 0 Å². The van der Waals surface area contributed by atoms with Crippen LogP contribution in [0.25, 0.3) is 0 Å². The third-order valence-electron chi connectivity index (χ3n) is 3.66. The van der Waals surface area contributed by atoms with Crippen molar-refractivity contribution in [2.45, 2.75) is 58.9 Å². The van der Waals surface area contributed by atoms with Gasteiger partial charge in [-0.25, -0.2) is 0 Å². The van der Waals surface area contributed by atoms with E-state index < -0.39 is 0 Å². The zero-order valence-corrected chi connectivity index (χ0v) is 11.4. The van der Waals surface area contributed by atoms with E-state index in [2.05, 4.69) is 25.2 Å². The summed E-state index contributed by atoms with van der Waals surface area (Å²) in [6, 6.07) is 2.70. The number of hydrogen-bond acceptors (Lipinski definition) is 2. The van der Waals surface area contributed by atoms with Crippen LogP contribution in [-0.2, 0) is 0 Å². The summed E-state index contributed by atoms with van der Waals surface area (Å²) in [5, 5.41) is 3.66. The van der Waals surface area contributed by atoms with Crippen molar-refractivity contribution >= 4 is 0 Å². The zero-order valence-electron chi connectivity index (χ0n) is 11.4. The van der Waals surface area contributed by atoms with Crippen LogP contribution in [-0.4, -0.2) is 6.54 Å². The first-order chi connectivity index (χ1) is 8.20. The van der Waals surface area contributed by atoms with E-state index >= 15 is 0 Å². The van der Waals surface area contributed by atoms with Crippen molar-refractivity contribution in [2.75, 3.05) is 6.54 Å². The highest BCUT2D eigenvalue weighted by Crippen LogP contribution is 2.36. The molecule has 1 aromatic rings. The van der Waals surface area contributed by atoms with Crippen molar-refractivity contribution in [3.8, 4) is 0 Å². The average Bonchev–Trinajstić information content (AvgIpc) is 3.05. The molecule has 1 unspecified atom stereocenters. The molecule has 1 fully saturated rings. The van der Waals surface area contributed by atoms with Crippen LogP contribution in [0.15, 0.2) is 10.5 Å². The Morgan fingerprint density at radius 3 is 2.71 bits per heavy atom. The van der Waals surface area contributed by atoms with Crippen molar-refractivity contribution in [2.24, 2.45) is 5.92 Å². The summed E-state index contributed by atoms with van der Waals surface area (Å²) < 4.78 is 5.66. The van der Waals surface area contributed by atoms with Gasteiger partial charge in [0.2, 0.25) is 0 Å². The molecule has 1 heterocycles. The Kier molecular flexibility index (Phi) is 4.27. The molecular formula is C15H25NO. The van der Waals surface area contributed by atoms with Gasteiger partial charge in [-0.15, -0.1) is 0 Å². The molecule has 1 aliphatic rings. The summed E-state index contributed by atoms with van der Waals surface area (Å²) in [7, 11) is 0. The second kappa shape index (κ2) is 5.72. The van der Waals surface area contributed by atoms with Gasteiger partial charge >= 0.3 is 0 Å². The first-order valence-corrected chi connectivity index (χ1v) is 7.01. The monoisotopic (exact) mass is 235 g/mol. The maximum atomic E-state index is 5.66. The fourth-order valence-electron chi connectivity index (χ4n) is 2.49. The maximum absolute atomic E-state index is 5.66. The fraction of sp³-hybridized carbons (Fsp3) is 0.733. The lowest BCUT2D eigenvalue weighted by Crippen LogP contribution is -2.22. The lowest BCUT2D eigenvalue weighted by molar-refractivity contribution is 0.451. The minimum Gasteiger partial charge on any atom is -0.466 e. The Labute approximate surface area is 105 Å². The van der Waals surface area contributed by atoms with Crippen LogP contribution in [0.3, 0.4) is 0 Å². The Morgan fingerprint density at radius 1 is 1.41 bits per heavy atom. The minimum atomic E-state index is 0.494. The van der Waals surface area contributed by atoms with E-state index in [9.17, 15) is 0 Å². The molecule has 17 heavy (non-hydrogen) atoms. The van der Waals surface area contributed by atoms with Crippen molar-refractivity contribution < 1.29 is 4.42 Å². The summed E-state index contributed by atoms with van der Waals surface area (Å²) in [6.45, 7) is 7.44. The van der Waals surface area contributed by atoms with Crippen molar-refractivity contribution in [3.05, 3.63) is 23.2 Å². The Bertz CT molecular complexity index is 352. The SMILES string of the molecule is CCCNC(CCC1CC1)c1cc(C)oc1C. The summed E-state index contributed by atoms with van der Waals surface area (Å²) >= 11 is 0. The number of furan rings is 1. The maximum Gasteiger partial charge on any atom is 0.105 e. The van der Waals surface area contributed by atoms with Crippen LogP contribution in [0.1, 0.15) is 62.2 Å². The smallest absolute Gasteiger partial charge is 0.105 e. The van der Waals surface area contributed by atoms with E-state index in [0.717, 1.165) is 24.0 Å². The molecule has 1 atom stereocenters. The van der Waals surface area contributed by atoms with E-state index in [1.165, 1.54) is 37.7 Å². The van der Waals surface area contributed by atoms with E-state index in [0.29, 0.717) is 6.04 Å². The second-order valence-electron chi connectivity index (χ2n) is 5.40. The second-order valence-corrected chi connectivity index (χ2v) is 5.40. The first kappa shape index (κ1) is 12.7. The summed E-state index contributed by atoms with van der Waals surface area (Å²) in [6.07, 6.45) is 6.71. The van der Waals surface area contributed by atoms with Crippen LogP contribution in [0.5, 0.6) is 0 Å². The lowest BCUT2D eigenvalue weighted by atomic mass is 10.0. The van der Waals surface area contributed by atoms with E-state index in [-0.39, 0.29) is 0 Å². The predicted octanol–water partition coefficient (Wildman–Crippen LogP) is 4.13. The Hall–Kier alpha value is -0.760. The van der Waals surface area contributed by atoms with Gasteiger partial charge in [0.1, 0.15) is 11.5 Å². The molecule has 0 aromatic carbocycles. The number of hydrogen-bond donors (Lipinski definition) is 1. The van der Waals surface area contributed by atoms with Crippen molar-refractivity contribution in [1.82, 2.24) is 5.32 Å². The quantitative estimate of drug-likeness (QED) is 0.768. The van der Waals surface area contributed by atoms with Gasteiger partial charge in [-0.3, -0.25) is 0 Å². The third-order valence-corrected chi connectivity index (χ3v) is 3.66. The summed E-state index contributed by atoms with van der Waals surface area (Å²) in [4.78, 5) is 0. The first-order valence-electron chi connectivity index (χ1n) is 7.01. The molecule has 1 aliphatic carbocycles. The molecule has 0 aliphatic heterocycles. The standard InChI is InChI=1S/C15H25NO/c1-4-9-16-15(8-7-13-5-6-13)14-10-11(2)17-12(14)3/h10,13,15-16H,4-9H2,1-3H3. The normalized spacial score (nSPS) is 17.4. The van der Waals surface area contributed by atoms with Crippen LogP contribution in [0.2, 0.25) is 0 Å². The molecule has 0 amide bonds. The van der Waals surface area contributed by atoms with Gasteiger partial charge in [0.25, 0.3) is 0 Å². The van der Waals surface area contributed by atoms with Crippen LogP contribution < -0.4 is 5.32 Å². The van der Waals surface area contributed by atoms with Crippen molar-refractivity contribution in [3.63, 3.8) is 0 Å². The molecule has 0 saturated heterocycles. The van der Waals surface area contributed by atoms with Crippen LogP contribution >= 0.6 is 0 Å². The predicted molar refractivity (Wildman–Crippen MR) is 71.2 cm³/mol. The molecule has 0 spiro atoms. The molecule has 1 N–H and O–H groups in total. The number of aryl methyl sites for hydroxylation is 2. The zero-order chi connectivity index (χ0) is 12.3. The van der Waals surface area contributed by atoms with Gasteiger partial charge in [-0.05, 0) is 51.6 Å². The Morgan fingerprint density at radius 2 is 2.18 bits per heavy atom. The molecule has 1 saturated carbocycles.